The van der Waals surface area contributed by atoms with E-state index < -0.39 is 23.5 Å². The van der Waals surface area contributed by atoms with Gasteiger partial charge in [-0.2, -0.15) is 36.3 Å². The van der Waals surface area contributed by atoms with Gasteiger partial charge in [0.1, 0.15) is 23.3 Å². The van der Waals surface area contributed by atoms with Crippen LogP contribution in [0.25, 0.3) is 22.5 Å². The highest BCUT2D eigenvalue weighted by atomic mass is 19.4. The molecule has 22 heteroatoms. The third kappa shape index (κ3) is 9.85. The Morgan fingerprint density at radius 1 is 0.448 bits per heavy atom. The predicted octanol–water partition coefficient (Wildman–Crippen LogP) is 3.63. The molecule has 0 amide bonds. The van der Waals surface area contributed by atoms with Crippen LogP contribution in [0.5, 0.6) is 0 Å². The van der Waals surface area contributed by atoms with Gasteiger partial charge in [0.05, 0.1) is 75.4 Å². The van der Waals surface area contributed by atoms with E-state index in [0.717, 1.165) is 24.5 Å². The van der Waals surface area contributed by atoms with E-state index in [1.54, 1.807) is 12.1 Å². The Morgan fingerprint density at radius 2 is 0.759 bits per heavy atom. The molecule has 0 radical (unpaired) electrons. The molecule has 16 nitrogen and oxygen atoms in total. The van der Waals surface area contributed by atoms with Crippen molar-refractivity contribution < 1.29 is 45.3 Å². The first-order valence-electron chi connectivity index (χ1n) is 18.6. The second kappa shape index (κ2) is 17.7. The number of nitrogens with two attached hydrogens (primary N) is 2. The van der Waals surface area contributed by atoms with Crippen LogP contribution < -0.4 is 31.1 Å². The lowest BCUT2D eigenvalue weighted by molar-refractivity contribution is -0.137. The lowest BCUT2D eigenvalue weighted by Crippen LogP contribution is -2.39. The number of aromatic nitrogens is 6. The van der Waals surface area contributed by atoms with Gasteiger partial charge in [0.15, 0.2) is 0 Å². The Bertz CT molecular complexity index is 1800. The van der Waals surface area contributed by atoms with Gasteiger partial charge in [-0.1, -0.05) is 0 Å². The number of hydrogen-bond acceptors (Lipinski definition) is 16. The van der Waals surface area contributed by atoms with E-state index in [2.05, 4.69) is 29.9 Å². The van der Waals surface area contributed by atoms with Crippen LogP contribution in [0, 0.1) is 0 Å². The molecule has 58 heavy (non-hydrogen) atoms. The smallest absolute Gasteiger partial charge is 0.384 e. The minimum atomic E-state index is -4.59. The fourth-order valence-electron chi connectivity index (χ4n) is 6.66. The van der Waals surface area contributed by atoms with E-state index in [-0.39, 0.29) is 34.2 Å². The summed E-state index contributed by atoms with van der Waals surface area (Å²) in [5.74, 6) is 1.47. The molecule has 0 saturated carbocycles. The minimum Gasteiger partial charge on any atom is -0.384 e. The van der Waals surface area contributed by atoms with Crippen LogP contribution in [0.4, 0.5) is 61.5 Å². The van der Waals surface area contributed by atoms with Gasteiger partial charge in [-0.15, -0.1) is 0 Å². The molecule has 4 fully saturated rings. The van der Waals surface area contributed by atoms with Crippen molar-refractivity contribution in [3.63, 3.8) is 0 Å². The van der Waals surface area contributed by atoms with Crippen LogP contribution in [0.15, 0.2) is 36.7 Å². The third-order valence-electron chi connectivity index (χ3n) is 9.67. The zero-order chi connectivity index (χ0) is 40.9. The van der Waals surface area contributed by atoms with Gasteiger partial charge in [-0.25, -0.2) is 19.9 Å². The largest absolute Gasteiger partial charge is 0.417 e. The molecule has 0 spiro atoms. The van der Waals surface area contributed by atoms with Crippen molar-refractivity contribution in [2.24, 2.45) is 0 Å². The first-order chi connectivity index (χ1) is 27.8. The van der Waals surface area contributed by atoms with Crippen molar-refractivity contribution in [2.75, 3.05) is 136 Å². The number of nitrogen functional groups attached to an aromatic ring is 2. The molecule has 4 aromatic rings. The Labute approximate surface area is 329 Å². The quantitative estimate of drug-likeness (QED) is 0.269. The van der Waals surface area contributed by atoms with E-state index in [1.807, 2.05) is 19.6 Å². The van der Waals surface area contributed by atoms with E-state index in [9.17, 15) is 26.3 Å². The van der Waals surface area contributed by atoms with Gasteiger partial charge < -0.3 is 50.0 Å². The van der Waals surface area contributed by atoms with Crippen molar-refractivity contribution in [2.45, 2.75) is 12.4 Å². The lowest BCUT2D eigenvalue weighted by Gasteiger charge is -2.31. The first-order valence-corrected chi connectivity index (χ1v) is 18.6. The average molecular weight is 821 g/mol. The normalized spacial score (nSPS) is 18.2. The Morgan fingerprint density at radius 3 is 1.07 bits per heavy atom. The molecule has 0 bridgehead atoms. The van der Waals surface area contributed by atoms with Gasteiger partial charge in [-0.05, 0) is 12.1 Å². The SMILES string of the molecule is Nc1cc(C(F)(F)F)c(-c2cc(N3CCOCC3)nc(N3CCOCC3)n2)cn1.Nc1cc(C(F)(F)F)c(-c2cc(N3CCOCC3)nc(N3CCOCC3)n2)cn1. The summed E-state index contributed by atoms with van der Waals surface area (Å²) in [7, 11) is 0. The number of hydrogen-bond donors (Lipinski definition) is 2. The number of rotatable bonds is 6. The standard InChI is InChI=1S/2C18H21F3N6O2/c2*19-18(20,21)13-9-15(22)23-11-12(13)14-10-16(26-1-5-28-6-2-26)25-17(24-14)27-3-7-29-8-4-27/h2*9-11H,1-8H2,(H2,22,23). The van der Waals surface area contributed by atoms with E-state index in [4.69, 9.17) is 30.4 Å². The van der Waals surface area contributed by atoms with Crippen molar-refractivity contribution >= 4 is 35.2 Å². The van der Waals surface area contributed by atoms with Crippen LogP contribution in [-0.2, 0) is 31.3 Å². The van der Waals surface area contributed by atoms with Gasteiger partial charge >= 0.3 is 12.4 Å². The summed E-state index contributed by atoms with van der Waals surface area (Å²) in [6.07, 6.45) is -6.94. The summed E-state index contributed by atoms with van der Waals surface area (Å²) in [6.45, 7) is 8.85. The molecule has 4 saturated heterocycles. The van der Waals surface area contributed by atoms with Crippen LogP contribution in [0.3, 0.4) is 0 Å². The number of nitrogens with zero attached hydrogens (tertiary/aromatic N) is 10. The summed E-state index contributed by atoms with van der Waals surface area (Å²) < 4.78 is 103. The number of pyridine rings is 2. The fourth-order valence-corrected chi connectivity index (χ4v) is 6.66. The molecule has 8 rings (SSSR count). The molecule has 0 aliphatic carbocycles. The lowest BCUT2D eigenvalue weighted by atomic mass is 10.1. The molecule has 8 heterocycles. The predicted molar refractivity (Wildman–Crippen MR) is 201 cm³/mol. The van der Waals surface area contributed by atoms with Crippen LogP contribution in [-0.4, -0.2) is 135 Å². The molecule has 4 aromatic heterocycles. The maximum Gasteiger partial charge on any atom is 0.417 e. The first kappa shape index (κ1) is 40.9. The molecule has 0 atom stereocenters. The second-order valence-electron chi connectivity index (χ2n) is 13.5. The van der Waals surface area contributed by atoms with Gasteiger partial charge in [-0.3, -0.25) is 0 Å². The molecular formula is C36H42F6N12O4. The molecule has 4 aliphatic heterocycles. The molecule has 4 aliphatic rings. The van der Waals surface area contributed by atoms with Crippen molar-refractivity contribution in [3.05, 3.63) is 47.8 Å². The van der Waals surface area contributed by atoms with Crippen LogP contribution >= 0.6 is 0 Å². The van der Waals surface area contributed by atoms with Gasteiger partial charge in [0.25, 0.3) is 0 Å². The highest BCUT2D eigenvalue weighted by Crippen LogP contribution is 2.40. The maximum absolute atomic E-state index is 13.6. The topological polar surface area (TPSA) is 179 Å². The van der Waals surface area contributed by atoms with Crippen molar-refractivity contribution in [1.29, 1.82) is 0 Å². The number of ether oxygens (including phenoxy) is 4. The molecular weight excluding hydrogens is 778 g/mol. The summed E-state index contributed by atoms with van der Waals surface area (Å²) in [5.41, 5.74) is 9.33. The van der Waals surface area contributed by atoms with Crippen molar-refractivity contribution in [3.8, 4) is 22.5 Å². The van der Waals surface area contributed by atoms with E-state index in [0.29, 0.717) is 129 Å². The van der Waals surface area contributed by atoms with Gasteiger partial charge in [0.2, 0.25) is 11.9 Å². The number of anilines is 6. The second-order valence-corrected chi connectivity index (χ2v) is 13.5. The number of alkyl halides is 6. The van der Waals surface area contributed by atoms with Crippen molar-refractivity contribution in [1.82, 2.24) is 29.9 Å². The average Bonchev–Trinajstić information content (AvgIpc) is 3.24. The molecule has 0 aromatic carbocycles. The summed E-state index contributed by atoms with van der Waals surface area (Å²) in [5, 5.41) is 0. The highest BCUT2D eigenvalue weighted by Gasteiger charge is 2.37. The zero-order valence-corrected chi connectivity index (χ0v) is 31.3. The molecule has 0 unspecified atom stereocenters. The van der Waals surface area contributed by atoms with Crippen LogP contribution in [0.2, 0.25) is 0 Å². The Hall–Kier alpha value is -5.32. The van der Waals surface area contributed by atoms with Crippen LogP contribution in [0.1, 0.15) is 11.1 Å². The monoisotopic (exact) mass is 820 g/mol. The van der Waals surface area contributed by atoms with E-state index in [1.165, 1.54) is 0 Å². The highest BCUT2D eigenvalue weighted by molar-refractivity contribution is 5.71. The summed E-state index contributed by atoms with van der Waals surface area (Å²) >= 11 is 0. The Kier molecular flexibility index (Phi) is 12.4. The Balaban J connectivity index is 0.000000177. The molecule has 312 valence electrons. The minimum absolute atomic E-state index is 0.127. The summed E-state index contributed by atoms with van der Waals surface area (Å²) in [6, 6.07) is 4.80. The van der Waals surface area contributed by atoms with Gasteiger partial charge in [0, 0.05) is 88.0 Å². The zero-order valence-electron chi connectivity index (χ0n) is 31.3. The summed E-state index contributed by atoms with van der Waals surface area (Å²) in [4.78, 5) is 33.6. The van der Waals surface area contributed by atoms with E-state index >= 15 is 0 Å². The maximum atomic E-state index is 13.6. The number of morpholine rings is 4. The molecule has 4 N–H and O–H groups in total. The number of halogens is 6. The fraction of sp³-hybridized carbons (Fsp3) is 0.500. The third-order valence-corrected chi connectivity index (χ3v) is 9.67.